The molecule has 0 radical (unpaired) electrons. The fourth-order valence-corrected chi connectivity index (χ4v) is 4.67. The van der Waals surface area contributed by atoms with Gasteiger partial charge in [0.15, 0.2) is 11.4 Å². The van der Waals surface area contributed by atoms with Crippen LogP contribution < -0.4 is 0 Å². The number of Topliss-reactive ketones (excluding diaryl/α,β-unsaturated/α-hetero) is 1. The number of ketones is 1. The van der Waals surface area contributed by atoms with Crippen LogP contribution in [0.1, 0.15) is 55.4 Å². The molecule has 26 heavy (non-hydrogen) atoms. The second-order valence-electron chi connectivity index (χ2n) is 7.81. The van der Waals surface area contributed by atoms with Gasteiger partial charge in [-0.2, -0.15) is 0 Å². The van der Waals surface area contributed by atoms with Gasteiger partial charge in [-0.3, -0.25) is 4.79 Å². The van der Waals surface area contributed by atoms with Gasteiger partial charge in [-0.15, -0.1) is 0 Å². The number of allylic oxidation sites excluding steroid dienone is 1. The number of aryl methyl sites for hydroxylation is 2. The molecule has 1 spiro atoms. The lowest BCUT2D eigenvalue weighted by atomic mass is 9.70. The predicted octanol–water partition coefficient (Wildman–Crippen LogP) is 5.61. The lowest BCUT2D eigenvalue weighted by Crippen LogP contribution is -2.38. The van der Waals surface area contributed by atoms with Gasteiger partial charge in [-0.25, -0.2) is 0 Å². The zero-order valence-electron chi connectivity index (χ0n) is 16.1. The van der Waals surface area contributed by atoms with Crippen molar-refractivity contribution in [2.75, 3.05) is 0 Å². The highest BCUT2D eigenvalue weighted by atomic mass is 16.5. The number of benzene rings is 2. The van der Waals surface area contributed by atoms with Crippen LogP contribution in [0.4, 0.5) is 0 Å². The average molecular weight is 346 g/mol. The SMILES string of the molecule is CCC(=O)C1=C(C)OC(c2ccc(C)cc2)(c2ccc(C)cc2)C12CC2. The van der Waals surface area contributed by atoms with Crippen LogP contribution in [0.3, 0.4) is 0 Å². The Morgan fingerprint density at radius 1 is 0.885 bits per heavy atom. The topological polar surface area (TPSA) is 26.3 Å². The van der Waals surface area contributed by atoms with Gasteiger partial charge < -0.3 is 4.74 Å². The maximum Gasteiger partial charge on any atom is 0.168 e. The number of carbonyl (C=O) groups excluding carboxylic acids is 1. The minimum absolute atomic E-state index is 0.223. The van der Waals surface area contributed by atoms with Gasteiger partial charge in [-0.1, -0.05) is 66.6 Å². The number of rotatable bonds is 4. The van der Waals surface area contributed by atoms with E-state index in [4.69, 9.17) is 4.74 Å². The fraction of sp³-hybridized carbons (Fsp3) is 0.375. The minimum Gasteiger partial charge on any atom is -0.481 e. The van der Waals surface area contributed by atoms with Crippen LogP contribution in [0.5, 0.6) is 0 Å². The molecule has 0 atom stereocenters. The van der Waals surface area contributed by atoms with E-state index in [0.29, 0.717) is 6.42 Å². The molecule has 2 heteroatoms. The van der Waals surface area contributed by atoms with Crippen LogP contribution in [-0.2, 0) is 15.1 Å². The molecule has 134 valence electrons. The molecule has 0 unspecified atom stereocenters. The second kappa shape index (κ2) is 5.84. The van der Waals surface area contributed by atoms with Crippen molar-refractivity contribution in [1.82, 2.24) is 0 Å². The van der Waals surface area contributed by atoms with Crippen LogP contribution in [0.25, 0.3) is 0 Å². The third kappa shape index (κ3) is 2.21. The van der Waals surface area contributed by atoms with E-state index in [9.17, 15) is 4.79 Å². The Hall–Kier alpha value is -2.35. The van der Waals surface area contributed by atoms with E-state index in [2.05, 4.69) is 62.4 Å². The summed E-state index contributed by atoms with van der Waals surface area (Å²) in [5.74, 6) is 1.02. The molecular formula is C24H26O2. The van der Waals surface area contributed by atoms with Crippen molar-refractivity contribution in [3.05, 3.63) is 82.1 Å². The Morgan fingerprint density at radius 3 is 1.73 bits per heavy atom. The van der Waals surface area contributed by atoms with Crippen molar-refractivity contribution in [2.24, 2.45) is 5.41 Å². The Bertz CT molecular complexity index is 835. The van der Waals surface area contributed by atoms with Crippen molar-refractivity contribution in [3.63, 3.8) is 0 Å². The summed E-state index contributed by atoms with van der Waals surface area (Å²) in [7, 11) is 0. The summed E-state index contributed by atoms with van der Waals surface area (Å²) < 4.78 is 6.67. The van der Waals surface area contributed by atoms with Crippen molar-refractivity contribution < 1.29 is 9.53 Å². The third-order valence-electron chi connectivity index (χ3n) is 6.08. The van der Waals surface area contributed by atoms with Crippen molar-refractivity contribution >= 4 is 5.78 Å². The van der Waals surface area contributed by atoms with Crippen LogP contribution in [0.15, 0.2) is 59.9 Å². The van der Waals surface area contributed by atoms with Crippen LogP contribution in [0, 0.1) is 19.3 Å². The normalized spacial score (nSPS) is 19.5. The fourth-order valence-electron chi connectivity index (χ4n) is 4.67. The average Bonchev–Trinajstić information content (AvgIpc) is 3.37. The highest BCUT2D eigenvalue weighted by molar-refractivity contribution is 5.98. The molecule has 2 aliphatic rings. The first-order valence-corrected chi connectivity index (χ1v) is 9.52. The largest absolute Gasteiger partial charge is 0.481 e. The number of carbonyl (C=O) groups is 1. The number of ether oxygens (including phenoxy) is 1. The lowest BCUT2D eigenvalue weighted by molar-refractivity contribution is -0.116. The molecule has 4 rings (SSSR count). The van der Waals surface area contributed by atoms with Crippen LogP contribution >= 0.6 is 0 Å². The predicted molar refractivity (Wildman–Crippen MR) is 104 cm³/mol. The van der Waals surface area contributed by atoms with Gasteiger partial charge in [0.1, 0.15) is 5.76 Å². The first-order valence-electron chi connectivity index (χ1n) is 9.52. The van der Waals surface area contributed by atoms with E-state index >= 15 is 0 Å². The Balaban J connectivity index is 1.96. The molecule has 0 aromatic heterocycles. The zero-order chi connectivity index (χ0) is 18.5. The zero-order valence-corrected chi connectivity index (χ0v) is 16.1. The van der Waals surface area contributed by atoms with Gasteiger partial charge in [0.25, 0.3) is 0 Å². The molecule has 2 aromatic rings. The Labute approximate surface area is 155 Å². The van der Waals surface area contributed by atoms with Gasteiger partial charge in [0.2, 0.25) is 0 Å². The van der Waals surface area contributed by atoms with Crippen molar-refractivity contribution in [2.45, 2.75) is 52.6 Å². The minimum atomic E-state index is -0.599. The van der Waals surface area contributed by atoms with E-state index in [0.717, 1.165) is 35.3 Å². The van der Waals surface area contributed by atoms with E-state index < -0.39 is 5.60 Å². The smallest absolute Gasteiger partial charge is 0.168 e. The molecule has 1 heterocycles. The van der Waals surface area contributed by atoms with Crippen LogP contribution in [0.2, 0.25) is 0 Å². The lowest BCUT2D eigenvalue weighted by Gasteiger charge is -2.37. The summed E-state index contributed by atoms with van der Waals surface area (Å²) >= 11 is 0. The van der Waals surface area contributed by atoms with E-state index in [1.54, 1.807) is 0 Å². The molecule has 0 saturated heterocycles. The van der Waals surface area contributed by atoms with Crippen molar-refractivity contribution in [3.8, 4) is 0 Å². The first kappa shape index (κ1) is 17.1. The highest BCUT2D eigenvalue weighted by Crippen LogP contribution is 2.71. The molecule has 2 aromatic carbocycles. The summed E-state index contributed by atoms with van der Waals surface area (Å²) in [4.78, 5) is 12.8. The molecule has 0 amide bonds. The Morgan fingerprint density at radius 2 is 1.35 bits per heavy atom. The van der Waals surface area contributed by atoms with Crippen LogP contribution in [-0.4, -0.2) is 5.78 Å². The molecule has 1 saturated carbocycles. The molecule has 1 aliphatic heterocycles. The molecule has 0 bridgehead atoms. The molecule has 0 N–H and O–H groups in total. The van der Waals surface area contributed by atoms with E-state index in [1.165, 1.54) is 11.1 Å². The molecule has 2 nitrogen and oxygen atoms in total. The summed E-state index contributed by atoms with van der Waals surface area (Å²) in [6.07, 6.45) is 2.51. The molecule has 1 aliphatic carbocycles. The first-order chi connectivity index (χ1) is 12.4. The van der Waals surface area contributed by atoms with Gasteiger partial charge >= 0.3 is 0 Å². The van der Waals surface area contributed by atoms with Gasteiger partial charge in [-0.05, 0) is 33.6 Å². The second-order valence-corrected chi connectivity index (χ2v) is 7.81. The molecule has 1 fully saturated rings. The number of hydrogen-bond donors (Lipinski definition) is 0. The van der Waals surface area contributed by atoms with Gasteiger partial charge in [0.05, 0.1) is 5.41 Å². The van der Waals surface area contributed by atoms with Gasteiger partial charge in [0, 0.05) is 23.1 Å². The van der Waals surface area contributed by atoms with E-state index in [-0.39, 0.29) is 11.2 Å². The standard InChI is InChI=1S/C24H26O2/c1-5-21(25)22-18(4)26-24(23(22)14-15-23,19-10-6-16(2)7-11-19)20-12-8-17(3)9-13-20/h6-13H,5,14-15H2,1-4H3. The third-order valence-corrected chi connectivity index (χ3v) is 6.08. The monoisotopic (exact) mass is 346 g/mol. The molecular weight excluding hydrogens is 320 g/mol. The highest BCUT2D eigenvalue weighted by Gasteiger charge is 2.70. The summed E-state index contributed by atoms with van der Waals surface area (Å²) in [5.41, 5.74) is 4.83. The summed E-state index contributed by atoms with van der Waals surface area (Å²) in [6, 6.07) is 17.2. The maximum absolute atomic E-state index is 12.8. The Kier molecular flexibility index (Phi) is 3.83. The summed E-state index contributed by atoms with van der Waals surface area (Å²) in [6.45, 7) is 8.10. The number of hydrogen-bond acceptors (Lipinski definition) is 2. The quantitative estimate of drug-likeness (QED) is 0.719. The van der Waals surface area contributed by atoms with Crippen molar-refractivity contribution in [1.29, 1.82) is 0 Å². The summed E-state index contributed by atoms with van der Waals surface area (Å²) in [5, 5.41) is 0. The maximum atomic E-state index is 12.8. The van der Waals surface area contributed by atoms with E-state index in [1.807, 2.05) is 13.8 Å².